The lowest BCUT2D eigenvalue weighted by molar-refractivity contribution is 0.352. The molecule has 108 valence electrons. The van der Waals surface area contributed by atoms with E-state index in [-0.39, 0.29) is 17.2 Å². The van der Waals surface area contributed by atoms with Gasteiger partial charge < -0.3 is 4.57 Å². The first kappa shape index (κ1) is 18.3. The molecule has 0 N–H and O–H groups in total. The van der Waals surface area contributed by atoms with E-state index in [2.05, 4.69) is 27.7 Å². The Balaban J connectivity index is 5.13. The van der Waals surface area contributed by atoms with E-state index < -0.39 is 15.2 Å². The molecule has 0 aromatic heterocycles. The van der Waals surface area contributed by atoms with Crippen molar-refractivity contribution in [2.45, 2.75) is 71.6 Å². The van der Waals surface area contributed by atoms with Crippen molar-refractivity contribution in [1.29, 1.82) is 0 Å². The van der Waals surface area contributed by atoms with Gasteiger partial charge in [-0.15, -0.1) is 4.52 Å². The van der Waals surface area contributed by atoms with Crippen molar-refractivity contribution < 1.29 is 13.7 Å². The first-order valence-corrected chi connectivity index (χ1v) is 10.5. The van der Waals surface area contributed by atoms with E-state index in [9.17, 15) is 9.13 Å². The molecule has 0 aliphatic carbocycles. The minimum absolute atomic E-state index is 0.196. The highest BCUT2D eigenvalue weighted by molar-refractivity contribution is 7.73. The van der Waals surface area contributed by atoms with Gasteiger partial charge in [-0.2, -0.15) is 0 Å². The van der Waals surface area contributed by atoms with Crippen molar-refractivity contribution in [3.05, 3.63) is 0 Å². The van der Waals surface area contributed by atoms with Crippen LogP contribution in [0.1, 0.15) is 60.3 Å². The lowest BCUT2D eigenvalue weighted by Crippen LogP contribution is -2.19. The molecule has 1 atom stereocenters. The van der Waals surface area contributed by atoms with E-state index in [0.29, 0.717) is 6.61 Å². The van der Waals surface area contributed by atoms with E-state index in [1.165, 1.54) is 0 Å². The van der Waals surface area contributed by atoms with Gasteiger partial charge in [0.15, 0.2) is 0 Å². The van der Waals surface area contributed by atoms with E-state index in [1.807, 2.05) is 6.92 Å². The Kier molecular flexibility index (Phi) is 9.38. The van der Waals surface area contributed by atoms with Crippen LogP contribution in [0.15, 0.2) is 0 Å². The smallest absolute Gasteiger partial charge is 0.318 e. The maximum Gasteiger partial charge on any atom is 0.515 e. The predicted octanol–water partition coefficient (Wildman–Crippen LogP) is 5.46. The SMILES string of the molecule is CCO[P+](=O)CP(=O)(C(CC)CC)C(CC)CC. The Morgan fingerprint density at radius 2 is 1.33 bits per heavy atom. The van der Waals surface area contributed by atoms with Crippen molar-refractivity contribution in [3.8, 4) is 0 Å². The molecule has 0 amide bonds. The molecule has 5 heteroatoms. The zero-order valence-corrected chi connectivity index (χ0v) is 14.3. The molecule has 1 unspecified atom stereocenters. The quantitative estimate of drug-likeness (QED) is 0.502. The Morgan fingerprint density at radius 1 is 0.944 bits per heavy atom. The van der Waals surface area contributed by atoms with Crippen LogP contribution in [-0.4, -0.2) is 23.8 Å². The molecule has 0 aromatic rings. The van der Waals surface area contributed by atoms with Gasteiger partial charge in [0, 0.05) is 11.3 Å². The fraction of sp³-hybridized carbons (Fsp3) is 1.00. The highest BCUT2D eigenvalue weighted by atomic mass is 31.2. The van der Waals surface area contributed by atoms with Crippen molar-refractivity contribution >= 4 is 15.2 Å². The summed E-state index contributed by atoms with van der Waals surface area (Å²) in [6, 6.07) is 0. The van der Waals surface area contributed by atoms with Crippen LogP contribution in [0.5, 0.6) is 0 Å². The van der Waals surface area contributed by atoms with Gasteiger partial charge in [-0.05, 0) is 37.2 Å². The molecular weight excluding hydrogens is 266 g/mol. The summed E-state index contributed by atoms with van der Waals surface area (Å²) in [5.74, 6) is 0.273. The Morgan fingerprint density at radius 3 is 1.61 bits per heavy atom. The lowest BCUT2D eigenvalue weighted by Gasteiger charge is -2.29. The van der Waals surface area contributed by atoms with Gasteiger partial charge in [0.25, 0.3) is 0 Å². The maximum absolute atomic E-state index is 13.4. The summed E-state index contributed by atoms with van der Waals surface area (Å²) in [6.07, 6.45) is 3.61. The van der Waals surface area contributed by atoms with Gasteiger partial charge >= 0.3 is 8.03 Å². The lowest BCUT2D eigenvalue weighted by atomic mass is 10.2. The van der Waals surface area contributed by atoms with Gasteiger partial charge in [-0.25, -0.2) is 0 Å². The molecular formula is C13H29O3P2+. The normalized spacial score (nSPS) is 13.4. The summed E-state index contributed by atoms with van der Waals surface area (Å²) in [7, 11) is -4.20. The summed E-state index contributed by atoms with van der Waals surface area (Å²) in [4.78, 5) is 0. The van der Waals surface area contributed by atoms with Crippen LogP contribution in [0.2, 0.25) is 0 Å². The molecule has 0 bridgehead atoms. The zero-order chi connectivity index (χ0) is 14.2. The zero-order valence-electron chi connectivity index (χ0n) is 12.5. The fourth-order valence-electron chi connectivity index (χ4n) is 2.71. The van der Waals surface area contributed by atoms with Crippen LogP contribution >= 0.6 is 15.2 Å². The molecule has 0 saturated heterocycles. The Labute approximate surface area is 113 Å². The fourth-order valence-corrected chi connectivity index (χ4v) is 9.68. The summed E-state index contributed by atoms with van der Waals surface area (Å²) in [5.41, 5.74) is 0.392. The molecule has 0 heterocycles. The van der Waals surface area contributed by atoms with E-state index in [4.69, 9.17) is 4.52 Å². The van der Waals surface area contributed by atoms with Gasteiger partial charge in [-0.3, -0.25) is 0 Å². The standard InChI is InChI=1S/C13H29O3P2/c1-6-12(7-2)18(15,13(8-3)9-4)11-17(14)16-10-5/h12-13H,6-11H2,1-5H3/q+1. The van der Waals surface area contributed by atoms with Crippen LogP contribution in [0.3, 0.4) is 0 Å². The van der Waals surface area contributed by atoms with Crippen LogP contribution in [0, 0.1) is 0 Å². The summed E-state index contributed by atoms with van der Waals surface area (Å²) in [5, 5.41) is 0. The van der Waals surface area contributed by atoms with Crippen molar-refractivity contribution in [2.75, 3.05) is 12.5 Å². The van der Waals surface area contributed by atoms with Crippen molar-refractivity contribution in [3.63, 3.8) is 0 Å². The van der Waals surface area contributed by atoms with E-state index in [0.717, 1.165) is 25.7 Å². The van der Waals surface area contributed by atoms with Crippen molar-refractivity contribution in [1.82, 2.24) is 0 Å². The van der Waals surface area contributed by atoms with Crippen LogP contribution in [0.4, 0.5) is 0 Å². The minimum atomic E-state index is -2.43. The summed E-state index contributed by atoms with van der Waals surface area (Å²) in [6.45, 7) is 10.6. The third-order valence-corrected chi connectivity index (χ3v) is 10.9. The maximum atomic E-state index is 13.4. The van der Waals surface area contributed by atoms with Gasteiger partial charge in [-0.1, -0.05) is 27.7 Å². The second kappa shape index (κ2) is 9.23. The first-order valence-electron chi connectivity index (χ1n) is 7.15. The second-order valence-electron chi connectivity index (χ2n) is 4.69. The first-order chi connectivity index (χ1) is 8.49. The summed E-state index contributed by atoms with van der Waals surface area (Å²) < 4.78 is 30.4. The summed E-state index contributed by atoms with van der Waals surface area (Å²) >= 11 is 0. The average Bonchev–Trinajstić information content (AvgIpc) is 2.31. The van der Waals surface area contributed by atoms with Crippen LogP contribution < -0.4 is 0 Å². The number of hydrogen-bond acceptors (Lipinski definition) is 3. The van der Waals surface area contributed by atoms with Gasteiger partial charge in [0.05, 0.1) is 6.61 Å². The third kappa shape index (κ3) is 4.76. The number of rotatable bonds is 10. The second-order valence-corrected chi connectivity index (χ2v) is 9.91. The molecule has 0 aliphatic heterocycles. The topological polar surface area (TPSA) is 43.4 Å². The van der Waals surface area contributed by atoms with E-state index >= 15 is 0 Å². The molecule has 0 spiro atoms. The van der Waals surface area contributed by atoms with E-state index in [1.54, 1.807) is 0 Å². The molecule has 0 rings (SSSR count). The number of hydrogen-bond donors (Lipinski definition) is 0. The molecule has 3 nitrogen and oxygen atoms in total. The predicted molar refractivity (Wildman–Crippen MR) is 80.4 cm³/mol. The third-order valence-electron chi connectivity index (χ3n) is 3.73. The Bertz CT molecular complexity index is 268. The minimum Gasteiger partial charge on any atom is -0.318 e. The molecule has 0 fully saturated rings. The molecule has 0 aliphatic rings. The highest BCUT2D eigenvalue weighted by Gasteiger charge is 2.44. The van der Waals surface area contributed by atoms with Gasteiger partial charge in [0.2, 0.25) is 5.90 Å². The van der Waals surface area contributed by atoms with Crippen LogP contribution in [-0.2, 0) is 13.7 Å². The molecule has 0 radical (unpaired) electrons. The van der Waals surface area contributed by atoms with Crippen molar-refractivity contribution in [2.24, 2.45) is 0 Å². The highest BCUT2D eigenvalue weighted by Crippen LogP contribution is 2.63. The average molecular weight is 295 g/mol. The van der Waals surface area contributed by atoms with Gasteiger partial charge in [0.1, 0.15) is 7.14 Å². The molecule has 0 aromatic carbocycles. The molecule has 0 saturated carbocycles. The monoisotopic (exact) mass is 295 g/mol. The Hall–Kier alpha value is 0.290. The molecule has 18 heavy (non-hydrogen) atoms. The largest absolute Gasteiger partial charge is 0.515 e. The van der Waals surface area contributed by atoms with Crippen LogP contribution in [0.25, 0.3) is 0 Å².